The fraction of sp³-hybridized carbons (Fsp3) is 0. The maximum atomic E-state index is 5.92. The van der Waals surface area contributed by atoms with E-state index in [-0.39, 0.29) is 0 Å². The van der Waals surface area contributed by atoms with Crippen LogP contribution in [-0.2, 0) is 0 Å². The second-order valence-electron chi connectivity index (χ2n) is 4.69. The number of halogens is 1. The molecule has 0 amide bonds. The molecular formula is C15H9ClN6S2. The number of nitrogens with zero attached hydrogens (tertiary/aromatic N) is 6. The highest BCUT2D eigenvalue weighted by atomic mass is 35.5. The summed E-state index contributed by atoms with van der Waals surface area (Å²) in [6.45, 7) is 0. The molecule has 9 heteroatoms. The van der Waals surface area contributed by atoms with Crippen molar-refractivity contribution in [3.63, 3.8) is 0 Å². The SMILES string of the molecule is Clc1ccc(-c2csc(Sc3nnnn3-c3cccnc3)n2)cc1. The summed E-state index contributed by atoms with van der Waals surface area (Å²) in [6.07, 6.45) is 3.42. The molecule has 24 heavy (non-hydrogen) atoms. The molecule has 0 aliphatic rings. The van der Waals surface area contributed by atoms with Crippen molar-refractivity contribution in [1.82, 2.24) is 30.2 Å². The number of pyridine rings is 1. The van der Waals surface area contributed by atoms with Crippen molar-refractivity contribution in [2.24, 2.45) is 0 Å². The summed E-state index contributed by atoms with van der Waals surface area (Å²) in [4.78, 5) is 8.72. The zero-order valence-corrected chi connectivity index (χ0v) is 14.5. The first-order valence-corrected chi connectivity index (χ1v) is 8.95. The van der Waals surface area contributed by atoms with E-state index in [2.05, 4.69) is 25.5 Å². The lowest BCUT2D eigenvalue weighted by Crippen LogP contribution is -1.98. The monoisotopic (exact) mass is 372 g/mol. The molecule has 4 rings (SSSR count). The maximum Gasteiger partial charge on any atom is 0.221 e. The summed E-state index contributed by atoms with van der Waals surface area (Å²) < 4.78 is 2.50. The Morgan fingerprint density at radius 1 is 1.12 bits per heavy atom. The quantitative estimate of drug-likeness (QED) is 0.539. The molecule has 118 valence electrons. The maximum absolute atomic E-state index is 5.92. The lowest BCUT2D eigenvalue weighted by atomic mass is 10.2. The van der Waals surface area contributed by atoms with Gasteiger partial charge in [0.1, 0.15) is 0 Å². The Bertz CT molecular complexity index is 952. The Hall–Kier alpha value is -2.29. The number of benzene rings is 1. The van der Waals surface area contributed by atoms with Crippen LogP contribution in [0.3, 0.4) is 0 Å². The van der Waals surface area contributed by atoms with Gasteiger partial charge in [-0.1, -0.05) is 23.7 Å². The largest absolute Gasteiger partial charge is 0.262 e. The Labute approximate surface area is 150 Å². The molecule has 0 saturated heterocycles. The molecule has 0 aliphatic heterocycles. The molecule has 0 spiro atoms. The Kier molecular flexibility index (Phi) is 4.24. The number of tetrazole rings is 1. The van der Waals surface area contributed by atoms with Crippen LogP contribution in [0.2, 0.25) is 5.02 Å². The van der Waals surface area contributed by atoms with Crippen molar-refractivity contribution in [1.29, 1.82) is 0 Å². The van der Waals surface area contributed by atoms with Crippen LogP contribution in [-0.4, -0.2) is 30.2 Å². The van der Waals surface area contributed by atoms with Crippen LogP contribution < -0.4 is 0 Å². The molecule has 0 aliphatic carbocycles. The van der Waals surface area contributed by atoms with Crippen LogP contribution in [0.5, 0.6) is 0 Å². The summed E-state index contributed by atoms with van der Waals surface area (Å²) in [7, 11) is 0. The van der Waals surface area contributed by atoms with Gasteiger partial charge in [0.15, 0.2) is 4.34 Å². The number of aromatic nitrogens is 6. The van der Waals surface area contributed by atoms with E-state index in [9.17, 15) is 0 Å². The molecular weight excluding hydrogens is 364 g/mol. The lowest BCUT2D eigenvalue weighted by molar-refractivity contribution is 0.753. The summed E-state index contributed by atoms with van der Waals surface area (Å²) in [5, 5.41) is 15.2. The second kappa shape index (κ2) is 6.68. The van der Waals surface area contributed by atoms with Crippen LogP contribution in [0.1, 0.15) is 0 Å². The van der Waals surface area contributed by atoms with Gasteiger partial charge in [-0.3, -0.25) is 4.98 Å². The van der Waals surface area contributed by atoms with Gasteiger partial charge in [0.05, 0.1) is 17.6 Å². The van der Waals surface area contributed by atoms with Crippen molar-refractivity contribution < 1.29 is 0 Å². The van der Waals surface area contributed by atoms with Gasteiger partial charge < -0.3 is 0 Å². The van der Waals surface area contributed by atoms with Crippen molar-refractivity contribution in [2.45, 2.75) is 9.50 Å². The van der Waals surface area contributed by atoms with Crippen LogP contribution in [0, 0.1) is 0 Å². The number of rotatable bonds is 4. The molecule has 0 fully saturated rings. The molecule has 0 N–H and O–H groups in total. The van der Waals surface area contributed by atoms with E-state index in [4.69, 9.17) is 11.6 Å². The predicted molar refractivity (Wildman–Crippen MR) is 93.6 cm³/mol. The normalized spacial score (nSPS) is 10.9. The van der Waals surface area contributed by atoms with Gasteiger partial charge in [0.2, 0.25) is 5.16 Å². The topological polar surface area (TPSA) is 69.4 Å². The average Bonchev–Trinajstić information content (AvgIpc) is 3.26. The van der Waals surface area contributed by atoms with Gasteiger partial charge in [-0.15, -0.1) is 16.4 Å². The molecule has 0 atom stereocenters. The van der Waals surface area contributed by atoms with E-state index < -0.39 is 0 Å². The zero-order chi connectivity index (χ0) is 16.4. The van der Waals surface area contributed by atoms with Crippen molar-refractivity contribution in [2.75, 3.05) is 0 Å². The Balaban J connectivity index is 1.59. The van der Waals surface area contributed by atoms with E-state index in [1.807, 2.05) is 41.8 Å². The zero-order valence-electron chi connectivity index (χ0n) is 12.1. The molecule has 3 heterocycles. The van der Waals surface area contributed by atoms with E-state index >= 15 is 0 Å². The van der Waals surface area contributed by atoms with Crippen molar-refractivity contribution >= 4 is 34.7 Å². The van der Waals surface area contributed by atoms with Crippen molar-refractivity contribution in [3.8, 4) is 16.9 Å². The molecule has 3 aromatic heterocycles. The average molecular weight is 373 g/mol. The molecule has 6 nitrogen and oxygen atoms in total. The fourth-order valence-corrected chi connectivity index (χ4v) is 3.86. The first kappa shape index (κ1) is 15.3. The van der Waals surface area contributed by atoms with Gasteiger partial charge in [-0.25, -0.2) is 4.98 Å². The molecule has 0 unspecified atom stereocenters. The minimum atomic E-state index is 0.639. The highest BCUT2D eigenvalue weighted by Crippen LogP contribution is 2.32. The van der Waals surface area contributed by atoms with E-state index in [1.165, 1.54) is 11.8 Å². The number of thiazole rings is 1. The molecule has 4 aromatic rings. The van der Waals surface area contributed by atoms with Crippen LogP contribution in [0.25, 0.3) is 16.9 Å². The minimum absolute atomic E-state index is 0.639. The summed E-state index contributed by atoms with van der Waals surface area (Å²) >= 11 is 8.88. The number of hydrogen-bond donors (Lipinski definition) is 0. The van der Waals surface area contributed by atoms with Gasteiger partial charge >= 0.3 is 0 Å². The summed E-state index contributed by atoms with van der Waals surface area (Å²) in [6, 6.07) is 11.3. The standard InChI is InChI=1S/C15H9ClN6S2/c16-11-5-3-10(4-6-11)13-9-23-15(18-13)24-14-19-20-21-22(14)12-2-1-7-17-8-12/h1-9H. The van der Waals surface area contributed by atoms with Gasteiger partial charge in [-0.05, 0) is 46.5 Å². The smallest absolute Gasteiger partial charge is 0.221 e. The predicted octanol–water partition coefficient (Wildman–Crippen LogP) is 3.99. The van der Waals surface area contributed by atoms with E-state index in [1.54, 1.807) is 28.4 Å². The molecule has 0 saturated carbocycles. The molecule has 1 aromatic carbocycles. The first-order valence-electron chi connectivity index (χ1n) is 6.88. The highest BCUT2D eigenvalue weighted by molar-refractivity contribution is 8.00. The summed E-state index contributed by atoms with van der Waals surface area (Å²) in [5.74, 6) is 0. The minimum Gasteiger partial charge on any atom is -0.262 e. The second-order valence-corrected chi connectivity index (χ2v) is 7.20. The summed E-state index contributed by atoms with van der Waals surface area (Å²) in [5.41, 5.74) is 2.73. The van der Waals surface area contributed by atoms with E-state index in [0.29, 0.717) is 10.2 Å². The fourth-order valence-electron chi connectivity index (χ4n) is 2.02. The molecule has 0 radical (unpaired) electrons. The van der Waals surface area contributed by atoms with Gasteiger partial charge in [-0.2, -0.15) is 4.68 Å². The van der Waals surface area contributed by atoms with Crippen LogP contribution >= 0.6 is 34.7 Å². The Morgan fingerprint density at radius 3 is 2.79 bits per heavy atom. The lowest BCUT2D eigenvalue weighted by Gasteiger charge is -2.01. The van der Waals surface area contributed by atoms with Crippen LogP contribution in [0.4, 0.5) is 0 Å². The first-order chi connectivity index (χ1) is 11.8. The third-order valence-electron chi connectivity index (χ3n) is 3.13. The Morgan fingerprint density at radius 2 is 2.00 bits per heavy atom. The van der Waals surface area contributed by atoms with Crippen LogP contribution in [0.15, 0.2) is 63.7 Å². The highest BCUT2D eigenvalue weighted by Gasteiger charge is 2.13. The molecule has 0 bridgehead atoms. The van der Waals surface area contributed by atoms with E-state index in [0.717, 1.165) is 21.3 Å². The van der Waals surface area contributed by atoms with Crippen molar-refractivity contribution in [3.05, 3.63) is 59.2 Å². The van der Waals surface area contributed by atoms with Gasteiger partial charge in [0.25, 0.3) is 0 Å². The van der Waals surface area contributed by atoms with Gasteiger partial charge in [0, 0.05) is 22.2 Å². The third-order valence-corrected chi connectivity index (χ3v) is 5.26. The third kappa shape index (κ3) is 3.16. The number of hydrogen-bond acceptors (Lipinski definition) is 7.